The molecule has 2 unspecified atom stereocenters. The number of nitriles is 1. The lowest BCUT2D eigenvalue weighted by molar-refractivity contribution is -0.119. The lowest BCUT2D eigenvalue weighted by Crippen LogP contribution is -2.62. The number of carbonyl (C=O) groups excluding carboxylic acids is 2. The molecule has 1 aromatic carbocycles. The fourth-order valence-corrected chi connectivity index (χ4v) is 6.02. The van der Waals surface area contributed by atoms with E-state index in [9.17, 15) is 14.0 Å². The number of imide groups is 1. The molecule has 0 saturated carbocycles. The number of carbonyl (C=O) groups is 2. The maximum absolute atomic E-state index is 13.7. The van der Waals surface area contributed by atoms with Gasteiger partial charge in [-0.3, -0.25) is 9.78 Å². The molecule has 34 heavy (non-hydrogen) atoms. The van der Waals surface area contributed by atoms with E-state index in [1.54, 1.807) is 18.3 Å². The van der Waals surface area contributed by atoms with Crippen molar-refractivity contribution in [1.82, 2.24) is 19.4 Å². The van der Waals surface area contributed by atoms with E-state index in [0.717, 1.165) is 4.90 Å². The Balaban J connectivity index is 1.60. The molecule has 2 aliphatic rings. The molecule has 0 N–H and O–H groups in total. The molecule has 2 aromatic heterocycles. The minimum atomic E-state index is -0.655. The maximum Gasteiger partial charge on any atom is 0.332 e. The van der Waals surface area contributed by atoms with Crippen molar-refractivity contribution < 1.29 is 14.0 Å². The largest absolute Gasteiger partial charge is 0.332 e. The second kappa shape index (κ2) is 8.42. The van der Waals surface area contributed by atoms with Gasteiger partial charge in [-0.2, -0.15) is 5.26 Å². The monoisotopic (exact) mass is 496 g/mol. The predicted molar refractivity (Wildman–Crippen MR) is 128 cm³/mol. The second-order valence-corrected chi connectivity index (χ2v) is 9.58. The van der Waals surface area contributed by atoms with E-state index < -0.39 is 29.0 Å². The molecule has 8 nitrogen and oxygen atoms in total. The number of urea groups is 1. The average Bonchev–Trinajstić information content (AvgIpc) is 3.36. The number of thioether (sulfide) groups is 1. The maximum atomic E-state index is 13.7. The number of halogens is 2. The highest BCUT2D eigenvalue weighted by Crippen LogP contribution is 2.47. The van der Waals surface area contributed by atoms with Gasteiger partial charge in [0, 0.05) is 24.1 Å². The van der Waals surface area contributed by atoms with Gasteiger partial charge in [0.25, 0.3) is 5.91 Å². The van der Waals surface area contributed by atoms with Gasteiger partial charge in [-0.15, -0.1) is 11.8 Å². The molecule has 2 aliphatic heterocycles. The minimum Gasteiger partial charge on any atom is -0.330 e. The molecule has 0 radical (unpaired) electrons. The molecular formula is C23H18ClFN6O2S. The number of hydrogen-bond donors (Lipinski definition) is 0. The van der Waals surface area contributed by atoms with Gasteiger partial charge in [-0.05, 0) is 31.2 Å². The quantitative estimate of drug-likeness (QED) is 0.535. The van der Waals surface area contributed by atoms with Gasteiger partial charge < -0.3 is 9.47 Å². The van der Waals surface area contributed by atoms with Crippen LogP contribution in [-0.4, -0.2) is 49.2 Å². The Hall–Kier alpha value is -3.42. The summed E-state index contributed by atoms with van der Waals surface area (Å²) in [7, 11) is 1.81. The van der Waals surface area contributed by atoms with Crippen LogP contribution in [0.15, 0.2) is 36.7 Å². The molecule has 3 amide bonds. The van der Waals surface area contributed by atoms with E-state index in [0.29, 0.717) is 33.0 Å². The molecule has 0 bridgehead atoms. The summed E-state index contributed by atoms with van der Waals surface area (Å²) in [4.78, 5) is 39.4. The zero-order valence-electron chi connectivity index (χ0n) is 18.2. The summed E-state index contributed by atoms with van der Waals surface area (Å²) in [6.07, 6.45) is 4.97. The average molecular weight is 497 g/mol. The van der Waals surface area contributed by atoms with Crippen LogP contribution in [0.3, 0.4) is 0 Å². The van der Waals surface area contributed by atoms with E-state index >= 15 is 0 Å². The Labute approximate surface area is 203 Å². The van der Waals surface area contributed by atoms with Crippen LogP contribution in [0, 0.1) is 24.1 Å². The third-order valence-corrected chi connectivity index (χ3v) is 7.69. The van der Waals surface area contributed by atoms with Crippen molar-refractivity contribution in [2.45, 2.75) is 24.6 Å². The molecule has 3 aromatic rings. The summed E-state index contributed by atoms with van der Waals surface area (Å²) in [5, 5.41) is 8.73. The zero-order valence-corrected chi connectivity index (χ0v) is 19.8. The van der Waals surface area contributed by atoms with E-state index in [4.69, 9.17) is 16.9 Å². The van der Waals surface area contributed by atoms with Gasteiger partial charge in [0.05, 0.1) is 47.2 Å². The van der Waals surface area contributed by atoms with Gasteiger partial charge in [0.2, 0.25) is 0 Å². The number of amides is 3. The Morgan fingerprint density at radius 3 is 2.82 bits per heavy atom. The normalized spacial score (nSPS) is 20.0. The number of aromatic nitrogens is 3. The van der Waals surface area contributed by atoms with Crippen LogP contribution in [0.25, 0.3) is 15.9 Å². The van der Waals surface area contributed by atoms with Crippen LogP contribution >= 0.6 is 23.4 Å². The Kier molecular flexibility index (Phi) is 5.54. The van der Waals surface area contributed by atoms with Gasteiger partial charge in [0.1, 0.15) is 22.4 Å². The molecular weight excluding hydrogens is 479 g/mol. The number of fused-ring (bicyclic) bond motifs is 2. The third kappa shape index (κ3) is 3.43. The number of pyridine rings is 1. The van der Waals surface area contributed by atoms with Crippen LogP contribution in [0.5, 0.6) is 0 Å². The van der Waals surface area contributed by atoms with E-state index in [2.05, 4.69) is 16.0 Å². The van der Waals surface area contributed by atoms with Crippen molar-refractivity contribution in [2.24, 2.45) is 7.05 Å². The second-order valence-electron chi connectivity index (χ2n) is 7.99. The predicted octanol–water partition coefficient (Wildman–Crippen LogP) is 4.28. The number of aryl methyl sites for hydroxylation is 2. The molecule has 11 heteroatoms. The van der Waals surface area contributed by atoms with Crippen LogP contribution in [0.4, 0.5) is 14.9 Å². The topological polar surface area (TPSA) is 95.1 Å². The Morgan fingerprint density at radius 2 is 2.09 bits per heavy atom. The van der Waals surface area contributed by atoms with Crippen molar-refractivity contribution in [3.05, 3.63) is 58.9 Å². The SMILES string of the molecule is Cc1nc2cncc(N3C(=O)C4SC(c5ccc(F)cc5Cl)=CC4N(CCC#N)C3=O)c2n1C. The fraction of sp³-hybridized carbons (Fsp3) is 0.261. The van der Waals surface area contributed by atoms with Crippen LogP contribution in [0.1, 0.15) is 17.8 Å². The zero-order chi connectivity index (χ0) is 24.1. The molecule has 2 atom stereocenters. The van der Waals surface area contributed by atoms with Crippen molar-refractivity contribution in [2.75, 3.05) is 11.4 Å². The molecule has 172 valence electrons. The number of hydrogen-bond acceptors (Lipinski definition) is 6. The van der Waals surface area contributed by atoms with E-state index in [1.807, 2.05) is 18.5 Å². The molecule has 1 saturated heterocycles. The number of rotatable bonds is 4. The van der Waals surface area contributed by atoms with Crippen LogP contribution in [-0.2, 0) is 11.8 Å². The van der Waals surface area contributed by atoms with Crippen molar-refractivity contribution in [3.63, 3.8) is 0 Å². The highest BCUT2D eigenvalue weighted by molar-refractivity contribution is 8.09. The minimum absolute atomic E-state index is 0.107. The van der Waals surface area contributed by atoms with Crippen molar-refractivity contribution in [3.8, 4) is 6.07 Å². The molecule has 0 aliphatic carbocycles. The summed E-state index contributed by atoms with van der Waals surface area (Å²) >= 11 is 7.54. The van der Waals surface area contributed by atoms with Crippen molar-refractivity contribution >= 4 is 56.9 Å². The van der Waals surface area contributed by atoms with Gasteiger partial charge in [-0.25, -0.2) is 19.1 Å². The lowest BCUT2D eigenvalue weighted by Gasteiger charge is -2.40. The van der Waals surface area contributed by atoms with Crippen molar-refractivity contribution in [1.29, 1.82) is 5.26 Å². The number of benzene rings is 1. The first kappa shape index (κ1) is 22.4. The summed E-state index contributed by atoms with van der Waals surface area (Å²) in [6, 6.07) is 5.04. The molecule has 5 rings (SSSR count). The van der Waals surface area contributed by atoms with E-state index in [-0.39, 0.29) is 18.0 Å². The first-order valence-electron chi connectivity index (χ1n) is 10.4. The smallest absolute Gasteiger partial charge is 0.330 e. The molecule has 0 spiro atoms. The summed E-state index contributed by atoms with van der Waals surface area (Å²) in [5.74, 6) is -0.147. The van der Waals surface area contributed by atoms with E-state index in [1.165, 1.54) is 35.0 Å². The summed E-state index contributed by atoms with van der Waals surface area (Å²) in [6.45, 7) is 1.98. The first-order chi connectivity index (χ1) is 16.3. The molecule has 1 fully saturated rings. The standard InChI is InChI=1S/C23H18ClFN6O2S/c1-12-28-16-10-27-11-18(20(16)29(12)2)31-22(32)21-17(30(23(31)33)7-3-6-26)9-19(34-21)14-5-4-13(25)8-15(14)24/h4-5,8-11,17,21H,3,7H2,1-2H3. The first-order valence-corrected chi connectivity index (χ1v) is 11.7. The van der Waals surface area contributed by atoms with Crippen LogP contribution < -0.4 is 4.90 Å². The van der Waals surface area contributed by atoms with Crippen LogP contribution in [0.2, 0.25) is 5.02 Å². The Morgan fingerprint density at radius 1 is 1.29 bits per heavy atom. The number of imidazole rings is 1. The highest BCUT2D eigenvalue weighted by Gasteiger charge is 2.50. The lowest BCUT2D eigenvalue weighted by atomic mass is 10.0. The highest BCUT2D eigenvalue weighted by atomic mass is 35.5. The number of nitrogens with zero attached hydrogens (tertiary/aromatic N) is 6. The summed E-state index contributed by atoms with van der Waals surface area (Å²) < 4.78 is 15.4. The number of anilines is 1. The summed E-state index contributed by atoms with van der Waals surface area (Å²) in [5.41, 5.74) is 2.11. The Bertz CT molecular complexity index is 1430. The van der Waals surface area contributed by atoms with Gasteiger partial charge in [0.15, 0.2) is 0 Å². The van der Waals surface area contributed by atoms with Gasteiger partial charge in [-0.1, -0.05) is 11.6 Å². The van der Waals surface area contributed by atoms with Gasteiger partial charge >= 0.3 is 6.03 Å². The third-order valence-electron chi connectivity index (χ3n) is 6.03. The fourth-order valence-electron chi connectivity index (χ4n) is 4.33. The molecule has 4 heterocycles.